The zero-order valence-electron chi connectivity index (χ0n) is 13.6. The summed E-state index contributed by atoms with van der Waals surface area (Å²) in [6, 6.07) is 13.9. The van der Waals surface area contributed by atoms with Crippen LogP contribution in [0.2, 0.25) is 0 Å². The molecule has 0 spiro atoms. The van der Waals surface area contributed by atoms with Crippen LogP contribution in [-0.2, 0) is 14.3 Å². The van der Waals surface area contributed by atoms with E-state index in [0.29, 0.717) is 16.9 Å². The van der Waals surface area contributed by atoms with Crippen LogP contribution < -0.4 is 15.8 Å². The molecule has 0 bridgehead atoms. The maximum absolute atomic E-state index is 12.4. The Morgan fingerprint density at radius 1 is 0.958 bits per heavy atom. The Labute approximate surface area is 140 Å². The number of nitrogens with one attached hydrogen (secondary N) is 1. The van der Waals surface area contributed by atoms with E-state index >= 15 is 0 Å². The lowest BCUT2D eigenvalue weighted by Gasteiger charge is -2.20. The molecule has 6 nitrogen and oxygen atoms in total. The normalized spacial score (nSPS) is 12.8. The fraction of sp³-hybridized carbons (Fsp3) is 0.222. The molecule has 0 saturated heterocycles. The van der Waals surface area contributed by atoms with E-state index in [1.165, 1.54) is 7.11 Å². The largest absolute Gasteiger partial charge is 0.497 e. The summed E-state index contributed by atoms with van der Waals surface area (Å²) in [4.78, 5) is 24.4. The summed E-state index contributed by atoms with van der Waals surface area (Å²) in [5.74, 6) is -0.362. The summed E-state index contributed by atoms with van der Waals surface area (Å²) in [7, 11) is 2.83. The number of rotatable bonds is 6. The van der Waals surface area contributed by atoms with Crippen molar-refractivity contribution in [1.82, 2.24) is 5.32 Å². The van der Waals surface area contributed by atoms with Crippen molar-refractivity contribution < 1.29 is 19.1 Å². The summed E-state index contributed by atoms with van der Waals surface area (Å²) in [6.07, 6.45) is 0. The Hall–Kier alpha value is -2.86. The number of methoxy groups -OCH3 is 2. The van der Waals surface area contributed by atoms with Gasteiger partial charge in [-0.05, 0) is 23.3 Å². The molecule has 0 radical (unpaired) electrons. The van der Waals surface area contributed by atoms with Crippen molar-refractivity contribution in [2.24, 2.45) is 5.73 Å². The number of hydrogen-bond donors (Lipinski definition) is 2. The molecule has 1 amide bonds. The van der Waals surface area contributed by atoms with Crippen molar-refractivity contribution in [3.63, 3.8) is 0 Å². The monoisotopic (exact) mass is 328 g/mol. The van der Waals surface area contributed by atoms with Gasteiger partial charge in [0, 0.05) is 0 Å². The second-order valence-corrected chi connectivity index (χ2v) is 5.13. The van der Waals surface area contributed by atoms with Crippen molar-refractivity contribution in [2.45, 2.75) is 12.1 Å². The second kappa shape index (κ2) is 8.12. The lowest BCUT2D eigenvalue weighted by molar-refractivity contribution is -0.145. The van der Waals surface area contributed by atoms with Gasteiger partial charge in [-0.15, -0.1) is 0 Å². The fourth-order valence-corrected chi connectivity index (χ4v) is 2.24. The number of hydrogen-bond acceptors (Lipinski definition) is 5. The Morgan fingerprint density at radius 2 is 1.58 bits per heavy atom. The van der Waals surface area contributed by atoms with Crippen molar-refractivity contribution in [2.75, 3.05) is 14.2 Å². The maximum atomic E-state index is 12.4. The van der Waals surface area contributed by atoms with Gasteiger partial charge in [-0.1, -0.05) is 42.5 Å². The van der Waals surface area contributed by atoms with Crippen molar-refractivity contribution >= 4 is 11.9 Å². The van der Waals surface area contributed by atoms with Crippen LogP contribution in [0.5, 0.6) is 5.75 Å². The highest BCUT2D eigenvalue weighted by atomic mass is 16.5. The highest BCUT2D eigenvalue weighted by molar-refractivity contribution is 5.88. The van der Waals surface area contributed by atoms with E-state index in [-0.39, 0.29) is 0 Å². The number of carbonyl (C=O) groups is 2. The summed E-state index contributed by atoms with van der Waals surface area (Å²) in [5.41, 5.74) is 7.23. The molecule has 0 aliphatic carbocycles. The predicted molar refractivity (Wildman–Crippen MR) is 89.3 cm³/mol. The first-order valence-electron chi connectivity index (χ1n) is 7.39. The van der Waals surface area contributed by atoms with Crippen LogP contribution in [0.1, 0.15) is 23.2 Å². The molecule has 24 heavy (non-hydrogen) atoms. The smallest absolute Gasteiger partial charge is 0.333 e. The van der Waals surface area contributed by atoms with Crippen LogP contribution in [-0.4, -0.2) is 26.1 Å². The van der Waals surface area contributed by atoms with Gasteiger partial charge in [0.25, 0.3) is 0 Å². The number of ether oxygens (including phenoxy) is 2. The molecule has 0 heterocycles. The number of amides is 1. The van der Waals surface area contributed by atoms with Crippen LogP contribution in [0, 0.1) is 0 Å². The minimum absolute atomic E-state index is 0.473. The van der Waals surface area contributed by atoms with E-state index in [9.17, 15) is 9.59 Å². The summed E-state index contributed by atoms with van der Waals surface area (Å²) >= 11 is 0. The topological polar surface area (TPSA) is 90.7 Å². The zero-order valence-corrected chi connectivity index (χ0v) is 13.6. The lowest BCUT2D eigenvalue weighted by Crippen LogP contribution is -2.40. The van der Waals surface area contributed by atoms with E-state index in [0.717, 1.165) is 0 Å². The third-order valence-corrected chi connectivity index (χ3v) is 3.61. The average Bonchev–Trinajstić information content (AvgIpc) is 2.65. The van der Waals surface area contributed by atoms with Crippen LogP contribution in [0.15, 0.2) is 54.6 Å². The first-order chi connectivity index (χ1) is 11.6. The average molecular weight is 328 g/mol. The molecule has 2 rings (SSSR count). The predicted octanol–water partition coefficient (Wildman–Crippen LogP) is 1.73. The standard InChI is InChI=1S/C18H20N2O4/c1-23-14-10-8-12(9-11-14)15(19)17(21)20-16(18(22)24-2)13-6-4-3-5-7-13/h3-11,15-16H,19H2,1-2H3,(H,20,21). The highest BCUT2D eigenvalue weighted by Gasteiger charge is 2.26. The molecule has 6 heteroatoms. The SMILES string of the molecule is COC(=O)C(NC(=O)C(N)c1ccc(OC)cc1)c1ccccc1. The van der Waals surface area contributed by atoms with Gasteiger partial charge in [0.05, 0.1) is 14.2 Å². The van der Waals surface area contributed by atoms with E-state index in [4.69, 9.17) is 15.2 Å². The minimum Gasteiger partial charge on any atom is -0.497 e. The Kier molecular flexibility index (Phi) is 5.92. The second-order valence-electron chi connectivity index (χ2n) is 5.13. The van der Waals surface area contributed by atoms with Gasteiger partial charge >= 0.3 is 5.97 Å². The van der Waals surface area contributed by atoms with Gasteiger partial charge in [0.15, 0.2) is 6.04 Å². The van der Waals surface area contributed by atoms with Crippen LogP contribution >= 0.6 is 0 Å². The molecular formula is C18H20N2O4. The molecule has 2 aromatic carbocycles. The van der Waals surface area contributed by atoms with E-state index in [2.05, 4.69) is 5.32 Å². The Morgan fingerprint density at radius 3 is 2.12 bits per heavy atom. The minimum atomic E-state index is -0.910. The quantitative estimate of drug-likeness (QED) is 0.788. The zero-order chi connectivity index (χ0) is 17.5. The van der Waals surface area contributed by atoms with Crippen LogP contribution in [0.3, 0.4) is 0 Å². The first kappa shape index (κ1) is 17.5. The molecule has 0 fully saturated rings. The number of carbonyl (C=O) groups excluding carboxylic acids is 2. The van der Waals surface area contributed by atoms with Gasteiger partial charge in [-0.25, -0.2) is 4.79 Å². The molecular weight excluding hydrogens is 308 g/mol. The third-order valence-electron chi connectivity index (χ3n) is 3.61. The van der Waals surface area contributed by atoms with Crippen molar-refractivity contribution in [3.05, 3.63) is 65.7 Å². The summed E-state index contributed by atoms with van der Waals surface area (Å²) < 4.78 is 9.85. The molecule has 2 unspecified atom stereocenters. The number of benzene rings is 2. The van der Waals surface area contributed by atoms with E-state index in [1.807, 2.05) is 6.07 Å². The first-order valence-corrected chi connectivity index (χ1v) is 7.39. The van der Waals surface area contributed by atoms with Gasteiger partial charge in [-0.3, -0.25) is 4.79 Å². The molecule has 126 valence electrons. The van der Waals surface area contributed by atoms with Crippen LogP contribution in [0.4, 0.5) is 0 Å². The summed E-state index contributed by atoms with van der Waals surface area (Å²) in [5, 5.41) is 2.64. The molecule has 0 aromatic heterocycles. The number of esters is 1. The molecule has 0 aliphatic heterocycles. The third kappa shape index (κ3) is 4.11. The molecule has 0 aliphatic rings. The molecule has 2 aromatic rings. The van der Waals surface area contributed by atoms with Gasteiger partial charge in [0.1, 0.15) is 11.8 Å². The van der Waals surface area contributed by atoms with E-state index in [1.54, 1.807) is 55.6 Å². The van der Waals surface area contributed by atoms with Crippen molar-refractivity contribution in [3.8, 4) is 5.75 Å². The fourth-order valence-electron chi connectivity index (χ4n) is 2.24. The Bertz CT molecular complexity index is 686. The lowest BCUT2D eigenvalue weighted by atomic mass is 10.0. The summed E-state index contributed by atoms with van der Waals surface area (Å²) in [6.45, 7) is 0. The molecule has 0 saturated carbocycles. The maximum Gasteiger partial charge on any atom is 0.333 e. The Balaban J connectivity index is 2.15. The van der Waals surface area contributed by atoms with Gasteiger partial charge in [-0.2, -0.15) is 0 Å². The van der Waals surface area contributed by atoms with Gasteiger partial charge < -0.3 is 20.5 Å². The van der Waals surface area contributed by atoms with Gasteiger partial charge in [0.2, 0.25) is 5.91 Å². The van der Waals surface area contributed by atoms with Crippen molar-refractivity contribution in [1.29, 1.82) is 0 Å². The van der Waals surface area contributed by atoms with Crippen LogP contribution in [0.25, 0.3) is 0 Å². The number of nitrogens with two attached hydrogens (primary N) is 1. The van der Waals surface area contributed by atoms with E-state index < -0.39 is 24.0 Å². The highest BCUT2D eigenvalue weighted by Crippen LogP contribution is 2.19. The molecule has 3 N–H and O–H groups in total. The molecule has 2 atom stereocenters.